The predicted octanol–water partition coefficient (Wildman–Crippen LogP) is 5.46. The molecule has 0 radical (unpaired) electrons. The van der Waals surface area contributed by atoms with Crippen LogP contribution in [0.1, 0.15) is 48.5 Å². The molecule has 1 N–H and O–H groups in total. The lowest BCUT2D eigenvalue weighted by molar-refractivity contribution is 0.0854. The highest BCUT2D eigenvalue weighted by atomic mass is 79.9. The molecule has 1 amide bonds. The minimum Gasteiger partial charge on any atom is -0.438 e. The molecule has 0 saturated carbocycles. The predicted molar refractivity (Wildman–Crippen MR) is 121 cm³/mol. The van der Waals surface area contributed by atoms with Crippen LogP contribution in [0.3, 0.4) is 0 Å². The smallest absolute Gasteiger partial charge is 0.256 e. The Hall–Kier alpha value is -2.44. The molecule has 30 heavy (non-hydrogen) atoms. The van der Waals surface area contributed by atoms with Crippen LogP contribution < -0.4 is 10.9 Å². The molecule has 1 atom stereocenters. The van der Waals surface area contributed by atoms with E-state index in [1.807, 2.05) is 36.4 Å². The van der Waals surface area contributed by atoms with Gasteiger partial charge in [0.2, 0.25) is 5.55 Å². The van der Waals surface area contributed by atoms with E-state index in [-0.39, 0.29) is 12.0 Å². The first kappa shape index (κ1) is 20.8. The lowest BCUT2D eigenvalue weighted by Gasteiger charge is -2.11. The summed E-state index contributed by atoms with van der Waals surface area (Å²) in [6.45, 7) is 5.55. The first-order valence-corrected chi connectivity index (χ1v) is 11.1. The van der Waals surface area contributed by atoms with E-state index in [0.717, 1.165) is 35.0 Å². The summed E-state index contributed by atoms with van der Waals surface area (Å²) in [6.07, 6.45) is 2.08. The van der Waals surface area contributed by atoms with Crippen molar-refractivity contribution < 1.29 is 13.9 Å². The minimum atomic E-state index is -0.214. The number of rotatable bonds is 5. The van der Waals surface area contributed by atoms with Gasteiger partial charge in [-0.3, -0.25) is 4.79 Å². The second-order valence-electron chi connectivity index (χ2n) is 7.85. The van der Waals surface area contributed by atoms with Crippen LogP contribution in [0.2, 0.25) is 0 Å². The fourth-order valence-electron chi connectivity index (χ4n) is 3.51. The average Bonchev–Trinajstić information content (AvgIpc) is 3.26. The Bertz CT molecular complexity index is 1110. The lowest BCUT2D eigenvalue weighted by atomic mass is 10.0. The molecule has 2 heterocycles. The molecular formula is C24H25BrN2O3. The highest BCUT2D eigenvalue weighted by Crippen LogP contribution is 2.21. The fourth-order valence-corrected chi connectivity index (χ4v) is 3.88. The first-order chi connectivity index (χ1) is 14.5. The number of hydrogen-bond acceptors (Lipinski definition) is 4. The number of halogens is 1. The Morgan fingerprint density at radius 1 is 1.20 bits per heavy atom. The molecule has 1 fully saturated rings. The number of ether oxygens (including phenoxy) is 1. The van der Waals surface area contributed by atoms with E-state index < -0.39 is 0 Å². The number of amides is 1. The number of fused-ring (bicyclic) bond motifs is 1. The van der Waals surface area contributed by atoms with Crippen molar-refractivity contribution >= 4 is 38.5 Å². The zero-order valence-corrected chi connectivity index (χ0v) is 18.7. The maximum absolute atomic E-state index is 13.0. The number of carbonyl (C=O) groups is 1. The maximum atomic E-state index is 13.0. The standard InChI is InChI=1S/C24H25BrN2O3/c1-15(2)16-5-8-19(9-6-16)27-24-21(23(28)26-14-20-4-3-11-29-20)13-17-12-18(25)7-10-22(17)30-24/h5-10,12-13,15,20H,3-4,11,14H2,1-2H3,(H,26,28)/t20-/m0/s1. The molecule has 0 unspecified atom stereocenters. The van der Waals surface area contributed by atoms with Crippen molar-refractivity contribution in [3.63, 3.8) is 0 Å². The van der Waals surface area contributed by atoms with Crippen LogP contribution in [0.15, 0.2) is 62.4 Å². The van der Waals surface area contributed by atoms with Crippen LogP contribution >= 0.6 is 15.9 Å². The Morgan fingerprint density at radius 3 is 2.70 bits per heavy atom. The molecule has 6 heteroatoms. The second-order valence-corrected chi connectivity index (χ2v) is 8.77. The quantitative estimate of drug-likeness (QED) is 0.540. The summed E-state index contributed by atoms with van der Waals surface area (Å²) in [5, 5.41) is 3.81. The molecule has 0 bridgehead atoms. The summed E-state index contributed by atoms with van der Waals surface area (Å²) in [5.41, 5.74) is 3.36. The Balaban J connectivity index is 1.72. The molecular weight excluding hydrogens is 444 g/mol. The van der Waals surface area contributed by atoms with Gasteiger partial charge in [0.25, 0.3) is 5.91 Å². The van der Waals surface area contributed by atoms with Crippen LogP contribution in [0.25, 0.3) is 11.0 Å². The van der Waals surface area contributed by atoms with Gasteiger partial charge in [-0.1, -0.05) is 41.9 Å². The van der Waals surface area contributed by atoms with Gasteiger partial charge in [-0.2, -0.15) is 0 Å². The average molecular weight is 469 g/mol. The Labute approximate surface area is 184 Å². The zero-order chi connectivity index (χ0) is 21.1. The van der Waals surface area contributed by atoms with E-state index in [1.165, 1.54) is 5.56 Å². The number of hydrogen-bond donors (Lipinski definition) is 1. The van der Waals surface area contributed by atoms with Crippen molar-refractivity contribution in [3.05, 3.63) is 69.7 Å². The summed E-state index contributed by atoms with van der Waals surface area (Å²) in [5.74, 6) is 0.232. The van der Waals surface area contributed by atoms with Gasteiger partial charge in [-0.05, 0) is 60.7 Å². The molecule has 156 valence electrons. The van der Waals surface area contributed by atoms with Crippen molar-refractivity contribution in [2.75, 3.05) is 13.2 Å². The maximum Gasteiger partial charge on any atom is 0.256 e. The number of benzene rings is 2. The van der Waals surface area contributed by atoms with Gasteiger partial charge >= 0.3 is 0 Å². The highest BCUT2D eigenvalue weighted by molar-refractivity contribution is 9.10. The van der Waals surface area contributed by atoms with Crippen molar-refractivity contribution in [2.24, 2.45) is 4.99 Å². The lowest BCUT2D eigenvalue weighted by Crippen LogP contribution is -2.34. The zero-order valence-electron chi connectivity index (χ0n) is 17.2. The van der Waals surface area contributed by atoms with E-state index in [0.29, 0.717) is 29.2 Å². The molecule has 1 aliphatic heterocycles. The molecule has 5 nitrogen and oxygen atoms in total. The SMILES string of the molecule is CC(C)c1ccc(N=c2oc3ccc(Br)cc3cc2C(=O)NC[C@@H]2CCCO2)cc1. The van der Waals surface area contributed by atoms with Crippen molar-refractivity contribution in [3.8, 4) is 0 Å². The third-order valence-electron chi connectivity index (χ3n) is 5.26. The van der Waals surface area contributed by atoms with Gasteiger partial charge in [0.15, 0.2) is 0 Å². The van der Waals surface area contributed by atoms with E-state index in [9.17, 15) is 4.79 Å². The monoisotopic (exact) mass is 468 g/mol. The second kappa shape index (κ2) is 9.14. The largest absolute Gasteiger partial charge is 0.438 e. The Morgan fingerprint density at radius 2 is 2.00 bits per heavy atom. The molecule has 1 saturated heterocycles. The summed E-state index contributed by atoms with van der Waals surface area (Å²) < 4.78 is 12.6. The van der Waals surface area contributed by atoms with Crippen LogP contribution in [0.5, 0.6) is 0 Å². The molecule has 1 aliphatic rings. The molecule has 1 aromatic heterocycles. The normalized spacial score (nSPS) is 17.1. The summed E-state index contributed by atoms with van der Waals surface area (Å²) in [7, 11) is 0. The van der Waals surface area contributed by atoms with Gasteiger partial charge in [0.1, 0.15) is 11.1 Å². The fraction of sp³-hybridized carbons (Fsp3) is 0.333. The van der Waals surface area contributed by atoms with Crippen LogP contribution in [-0.4, -0.2) is 25.2 Å². The summed E-state index contributed by atoms with van der Waals surface area (Å²) >= 11 is 3.48. The summed E-state index contributed by atoms with van der Waals surface area (Å²) in [6, 6.07) is 15.5. The van der Waals surface area contributed by atoms with Gasteiger partial charge in [0, 0.05) is 23.0 Å². The van der Waals surface area contributed by atoms with E-state index in [2.05, 4.69) is 52.2 Å². The number of nitrogens with zero attached hydrogens (tertiary/aromatic N) is 1. The van der Waals surface area contributed by atoms with Gasteiger partial charge < -0.3 is 14.5 Å². The molecule has 2 aromatic carbocycles. The van der Waals surface area contributed by atoms with E-state index >= 15 is 0 Å². The molecule has 0 aliphatic carbocycles. The minimum absolute atomic E-state index is 0.0736. The van der Waals surface area contributed by atoms with Crippen molar-refractivity contribution in [1.29, 1.82) is 0 Å². The highest BCUT2D eigenvalue weighted by Gasteiger charge is 2.18. The summed E-state index contributed by atoms with van der Waals surface area (Å²) in [4.78, 5) is 17.6. The topological polar surface area (TPSA) is 63.8 Å². The third-order valence-corrected chi connectivity index (χ3v) is 5.75. The molecule has 3 aromatic rings. The van der Waals surface area contributed by atoms with Crippen LogP contribution in [0, 0.1) is 0 Å². The van der Waals surface area contributed by atoms with Crippen LogP contribution in [0.4, 0.5) is 5.69 Å². The van der Waals surface area contributed by atoms with Crippen molar-refractivity contribution in [2.45, 2.75) is 38.7 Å². The van der Waals surface area contributed by atoms with E-state index in [4.69, 9.17) is 9.15 Å². The van der Waals surface area contributed by atoms with Crippen LogP contribution in [-0.2, 0) is 4.74 Å². The number of carbonyl (C=O) groups excluding carboxylic acids is 1. The van der Waals surface area contributed by atoms with Gasteiger partial charge in [-0.25, -0.2) is 4.99 Å². The Kier molecular flexibility index (Phi) is 6.35. The molecule has 0 spiro atoms. The molecule has 4 rings (SSSR count). The van der Waals surface area contributed by atoms with E-state index in [1.54, 1.807) is 0 Å². The van der Waals surface area contributed by atoms with Gasteiger partial charge in [0.05, 0.1) is 11.8 Å². The van der Waals surface area contributed by atoms with Crippen molar-refractivity contribution in [1.82, 2.24) is 5.32 Å². The third kappa shape index (κ3) is 4.82. The number of nitrogens with one attached hydrogen (secondary N) is 1. The first-order valence-electron chi connectivity index (χ1n) is 10.3. The van der Waals surface area contributed by atoms with Gasteiger partial charge in [-0.15, -0.1) is 0 Å².